The molecule has 1 aromatic heterocycles. The highest BCUT2D eigenvalue weighted by atomic mass is 35.5. The van der Waals surface area contributed by atoms with Crippen molar-refractivity contribution < 1.29 is 4.79 Å². The fourth-order valence-corrected chi connectivity index (χ4v) is 5.29. The summed E-state index contributed by atoms with van der Waals surface area (Å²) in [5.74, 6) is 0.109. The van der Waals surface area contributed by atoms with Gasteiger partial charge in [0, 0.05) is 23.0 Å². The number of carbonyl (C=O) groups is 1. The zero-order chi connectivity index (χ0) is 24.1. The van der Waals surface area contributed by atoms with Gasteiger partial charge >= 0.3 is 0 Å². The molecular weight excluding hydrogens is 466 g/mol. The Labute approximate surface area is 210 Å². The van der Waals surface area contributed by atoms with Gasteiger partial charge in [0.15, 0.2) is 10.6 Å². The molecule has 1 aliphatic heterocycles. The summed E-state index contributed by atoms with van der Waals surface area (Å²) in [5, 5.41) is 1.17. The molecule has 0 amide bonds. The number of fused-ring (bicyclic) bond motifs is 1. The summed E-state index contributed by atoms with van der Waals surface area (Å²) in [4.78, 5) is 31.6. The molecule has 2 aromatic carbocycles. The first-order valence-corrected chi connectivity index (χ1v) is 13.0. The molecule has 0 saturated carbocycles. The number of likely N-dealkylation sites (tertiary alicyclic amines) is 1. The van der Waals surface area contributed by atoms with Gasteiger partial charge in [-0.25, -0.2) is 0 Å². The van der Waals surface area contributed by atoms with Crippen LogP contribution in [0.1, 0.15) is 67.8 Å². The number of nitrogens with one attached hydrogen (secondary N) is 1. The maximum atomic E-state index is 13.1. The topological polar surface area (TPSA) is 58.1 Å². The molecule has 3 aromatic rings. The van der Waals surface area contributed by atoms with Gasteiger partial charge in [-0.1, -0.05) is 43.1 Å². The number of nitrogens with zero attached hydrogens (tertiary/aromatic N) is 2. The van der Waals surface area contributed by atoms with Crippen molar-refractivity contribution in [1.29, 1.82) is 0 Å². The Morgan fingerprint density at radius 2 is 1.94 bits per heavy atom. The highest BCUT2D eigenvalue weighted by Crippen LogP contribution is 2.20. The van der Waals surface area contributed by atoms with Gasteiger partial charge in [-0.05, 0) is 87.2 Å². The smallest absolute Gasteiger partial charge is 0.262 e. The molecule has 1 aliphatic rings. The molecule has 4 rings (SSSR count). The van der Waals surface area contributed by atoms with E-state index in [1.165, 1.54) is 36.8 Å². The second kappa shape index (κ2) is 11.4. The lowest BCUT2D eigenvalue weighted by Crippen LogP contribution is -2.39. The summed E-state index contributed by atoms with van der Waals surface area (Å²) in [6.07, 6.45) is 7.56. The Morgan fingerprint density at radius 1 is 1.15 bits per heavy atom. The van der Waals surface area contributed by atoms with Gasteiger partial charge in [-0.2, -0.15) is 0 Å². The Bertz CT molecular complexity index is 1270. The van der Waals surface area contributed by atoms with E-state index in [1.807, 2.05) is 12.1 Å². The Balaban J connectivity index is 1.41. The van der Waals surface area contributed by atoms with Gasteiger partial charge < -0.3 is 9.88 Å². The summed E-state index contributed by atoms with van der Waals surface area (Å²) in [6.45, 7) is 4.89. The molecule has 0 aliphatic carbocycles. The minimum Gasteiger partial charge on any atom is -0.332 e. The number of carbonyl (C=O) groups excluding carboxylic acids is 1. The molecule has 5 nitrogen and oxygen atoms in total. The number of Topliss-reactive ketones (excluding diaryl/α,β-unsaturated/α-hetero) is 1. The van der Waals surface area contributed by atoms with E-state index < -0.39 is 0 Å². The van der Waals surface area contributed by atoms with Crippen LogP contribution in [0.25, 0.3) is 10.9 Å². The lowest BCUT2D eigenvalue weighted by molar-refractivity contribution is 0.0973. The summed E-state index contributed by atoms with van der Waals surface area (Å²) >= 11 is 11.4. The summed E-state index contributed by atoms with van der Waals surface area (Å²) in [5.41, 5.74) is 2.00. The minimum absolute atomic E-state index is 0.109. The standard InChI is InChI=1S/C27H32ClN3O2S/c1-2-22-7-3-5-15-30(22)16-6-4-8-25(32)20-11-14-23-24(17-20)29-27(34)31(26(23)33)18-19-9-12-21(28)13-10-19/h9-14,17,22H,2-8,15-16,18H2,1H3,(H,29,34). The quantitative estimate of drug-likeness (QED) is 0.212. The first-order valence-electron chi connectivity index (χ1n) is 12.2. The van der Waals surface area contributed by atoms with E-state index in [9.17, 15) is 9.59 Å². The third kappa shape index (κ3) is 5.85. The predicted molar refractivity (Wildman–Crippen MR) is 142 cm³/mol. The van der Waals surface area contributed by atoms with Gasteiger partial charge in [0.1, 0.15) is 0 Å². The first kappa shape index (κ1) is 24.8. The van der Waals surface area contributed by atoms with Gasteiger partial charge in [0.25, 0.3) is 5.56 Å². The molecule has 34 heavy (non-hydrogen) atoms. The van der Waals surface area contributed by atoms with Crippen molar-refractivity contribution in [2.45, 2.75) is 64.5 Å². The number of rotatable bonds is 9. The largest absolute Gasteiger partial charge is 0.332 e. The number of H-pyrrole nitrogens is 1. The van der Waals surface area contributed by atoms with Gasteiger partial charge in [0.2, 0.25) is 0 Å². The third-order valence-electron chi connectivity index (χ3n) is 6.88. The molecule has 2 heterocycles. The highest BCUT2D eigenvalue weighted by molar-refractivity contribution is 7.71. The second-order valence-corrected chi connectivity index (χ2v) is 10.0. The highest BCUT2D eigenvalue weighted by Gasteiger charge is 2.20. The number of hydrogen-bond acceptors (Lipinski definition) is 4. The van der Waals surface area contributed by atoms with E-state index in [0.29, 0.717) is 45.3 Å². The molecule has 0 bridgehead atoms. The molecule has 1 N–H and O–H groups in total. The van der Waals surface area contributed by atoms with Crippen LogP contribution in [0.2, 0.25) is 5.02 Å². The van der Waals surface area contributed by atoms with Crippen LogP contribution in [0, 0.1) is 4.77 Å². The number of unbranched alkanes of at least 4 members (excludes halogenated alkanes) is 1. The number of aromatic amines is 1. The van der Waals surface area contributed by atoms with Crippen molar-refractivity contribution in [3.8, 4) is 0 Å². The van der Waals surface area contributed by atoms with E-state index in [0.717, 1.165) is 24.9 Å². The Hall–Kier alpha value is -2.28. The summed E-state index contributed by atoms with van der Waals surface area (Å²) < 4.78 is 1.87. The van der Waals surface area contributed by atoms with Crippen LogP contribution < -0.4 is 5.56 Å². The molecule has 180 valence electrons. The van der Waals surface area contributed by atoms with Crippen molar-refractivity contribution in [2.24, 2.45) is 0 Å². The number of hydrogen-bond donors (Lipinski definition) is 1. The van der Waals surface area contributed by atoms with Crippen molar-refractivity contribution >= 4 is 40.5 Å². The number of piperidine rings is 1. The number of halogens is 1. The van der Waals surface area contributed by atoms with Gasteiger partial charge in [-0.15, -0.1) is 0 Å². The van der Waals surface area contributed by atoms with Crippen LogP contribution in [-0.2, 0) is 6.54 Å². The molecule has 0 spiro atoms. The molecule has 1 fully saturated rings. The fourth-order valence-electron chi connectivity index (χ4n) is 4.91. The van der Waals surface area contributed by atoms with Crippen molar-refractivity contribution in [3.63, 3.8) is 0 Å². The van der Waals surface area contributed by atoms with E-state index in [-0.39, 0.29) is 11.3 Å². The molecule has 0 radical (unpaired) electrons. The molecular formula is C27H32ClN3O2S. The van der Waals surface area contributed by atoms with E-state index in [1.54, 1.807) is 30.3 Å². The zero-order valence-corrected chi connectivity index (χ0v) is 21.3. The summed E-state index contributed by atoms with van der Waals surface area (Å²) in [6, 6.07) is 13.3. The Morgan fingerprint density at radius 3 is 2.71 bits per heavy atom. The molecule has 1 saturated heterocycles. The van der Waals surface area contributed by atoms with Crippen LogP contribution in [0.3, 0.4) is 0 Å². The van der Waals surface area contributed by atoms with Crippen LogP contribution in [0.5, 0.6) is 0 Å². The SMILES string of the molecule is CCC1CCCCN1CCCCC(=O)c1ccc2c(=O)n(Cc3ccc(Cl)cc3)c(=S)[nH]c2c1. The van der Waals surface area contributed by atoms with E-state index in [2.05, 4.69) is 16.8 Å². The number of aromatic nitrogens is 2. The molecule has 7 heteroatoms. The average Bonchev–Trinajstić information content (AvgIpc) is 2.85. The average molecular weight is 498 g/mol. The van der Waals surface area contributed by atoms with Crippen molar-refractivity contribution in [3.05, 3.63) is 73.7 Å². The van der Waals surface area contributed by atoms with Crippen LogP contribution in [-0.4, -0.2) is 39.4 Å². The van der Waals surface area contributed by atoms with Gasteiger partial charge in [-0.3, -0.25) is 14.2 Å². The fraction of sp³-hybridized carbons (Fsp3) is 0.444. The van der Waals surface area contributed by atoms with Crippen LogP contribution >= 0.6 is 23.8 Å². The zero-order valence-electron chi connectivity index (χ0n) is 19.7. The number of benzene rings is 2. The summed E-state index contributed by atoms with van der Waals surface area (Å²) in [7, 11) is 0. The molecule has 1 unspecified atom stereocenters. The molecule has 1 atom stereocenters. The minimum atomic E-state index is -0.167. The monoisotopic (exact) mass is 497 g/mol. The number of ketones is 1. The second-order valence-electron chi connectivity index (χ2n) is 9.18. The lowest BCUT2D eigenvalue weighted by Gasteiger charge is -2.35. The van der Waals surface area contributed by atoms with Crippen molar-refractivity contribution in [2.75, 3.05) is 13.1 Å². The van der Waals surface area contributed by atoms with E-state index in [4.69, 9.17) is 23.8 Å². The predicted octanol–water partition coefficient (Wildman–Crippen LogP) is 6.38. The first-order chi connectivity index (χ1) is 16.5. The maximum Gasteiger partial charge on any atom is 0.262 e. The normalized spacial score (nSPS) is 16.7. The third-order valence-corrected chi connectivity index (χ3v) is 7.45. The Kier molecular flexibility index (Phi) is 8.35. The lowest BCUT2D eigenvalue weighted by atomic mass is 9.99. The van der Waals surface area contributed by atoms with Gasteiger partial charge in [0.05, 0.1) is 17.4 Å². The maximum absolute atomic E-state index is 13.1. The van der Waals surface area contributed by atoms with E-state index >= 15 is 0 Å². The van der Waals surface area contributed by atoms with Crippen LogP contribution in [0.4, 0.5) is 0 Å². The van der Waals surface area contributed by atoms with Crippen LogP contribution in [0.15, 0.2) is 47.3 Å². The van der Waals surface area contributed by atoms with Crippen molar-refractivity contribution in [1.82, 2.24) is 14.5 Å².